The predicted octanol–water partition coefficient (Wildman–Crippen LogP) is 2.72. The summed E-state index contributed by atoms with van der Waals surface area (Å²) >= 11 is 0. The van der Waals surface area contributed by atoms with Crippen molar-refractivity contribution >= 4 is 0 Å². The second-order valence-electron chi connectivity index (χ2n) is 6.03. The van der Waals surface area contributed by atoms with E-state index in [4.69, 9.17) is 4.74 Å². The van der Waals surface area contributed by atoms with Gasteiger partial charge in [0.05, 0.1) is 5.60 Å². The van der Waals surface area contributed by atoms with Crippen LogP contribution < -0.4 is 5.32 Å². The smallest absolute Gasteiger partial charge is 0.0666 e. The van der Waals surface area contributed by atoms with Crippen LogP contribution in [0.1, 0.15) is 52.9 Å². The molecule has 1 aliphatic heterocycles. The molecule has 1 saturated carbocycles. The molecule has 0 aromatic rings. The Bertz CT molecular complexity index is 225. The number of hydrogen-bond donors (Lipinski definition) is 1. The highest BCUT2D eigenvalue weighted by Gasteiger charge is 2.38. The van der Waals surface area contributed by atoms with Gasteiger partial charge >= 0.3 is 0 Å². The third kappa shape index (κ3) is 2.94. The fraction of sp³-hybridized carbons (Fsp3) is 1.00. The molecule has 0 amide bonds. The van der Waals surface area contributed by atoms with Crippen molar-refractivity contribution < 1.29 is 4.74 Å². The first kappa shape index (κ1) is 11.4. The molecule has 2 rings (SSSR count). The normalized spacial score (nSPS) is 39.0. The van der Waals surface area contributed by atoms with Gasteiger partial charge in [-0.1, -0.05) is 13.8 Å². The van der Waals surface area contributed by atoms with E-state index in [1.54, 1.807) is 0 Å². The zero-order chi connectivity index (χ0) is 10.9. The Labute approximate surface area is 93.8 Å². The first-order chi connectivity index (χ1) is 7.05. The highest BCUT2D eigenvalue weighted by Crippen LogP contribution is 2.44. The summed E-state index contributed by atoms with van der Waals surface area (Å²) in [6, 6.07) is 0.682. The van der Waals surface area contributed by atoms with Crippen LogP contribution in [0.2, 0.25) is 0 Å². The number of nitrogens with one attached hydrogen (secondary N) is 1. The van der Waals surface area contributed by atoms with Crippen LogP contribution in [0.4, 0.5) is 0 Å². The molecule has 15 heavy (non-hydrogen) atoms. The summed E-state index contributed by atoms with van der Waals surface area (Å²) in [5.41, 5.74) is 0.751. The van der Waals surface area contributed by atoms with Crippen LogP contribution in [-0.4, -0.2) is 24.8 Å². The van der Waals surface area contributed by atoms with E-state index in [1.807, 2.05) is 0 Å². The van der Waals surface area contributed by atoms with Crippen LogP contribution >= 0.6 is 0 Å². The zero-order valence-electron chi connectivity index (χ0n) is 10.4. The SMILES string of the molecule is CCC1(C)CC(NCC2(C)CC2)CCO1. The lowest BCUT2D eigenvalue weighted by Gasteiger charge is -2.38. The van der Waals surface area contributed by atoms with Crippen molar-refractivity contribution in [3.63, 3.8) is 0 Å². The van der Waals surface area contributed by atoms with Gasteiger partial charge in [-0.2, -0.15) is 0 Å². The van der Waals surface area contributed by atoms with Crippen LogP contribution in [0.3, 0.4) is 0 Å². The van der Waals surface area contributed by atoms with Gasteiger partial charge in [0.25, 0.3) is 0 Å². The predicted molar refractivity (Wildman–Crippen MR) is 63.0 cm³/mol. The summed E-state index contributed by atoms with van der Waals surface area (Å²) in [7, 11) is 0. The zero-order valence-corrected chi connectivity index (χ0v) is 10.4. The molecule has 0 bridgehead atoms. The van der Waals surface area contributed by atoms with E-state index in [2.05, 4.69) is 26.1 Å². The summed E-state index contributed by atoms with van der Waals surface area (Å²) in [6.07, 6.45) is 6.32. The van der Waals surface area contributed by atoms with Crippen LogP contribution in [0.25, 0.3) is 0 Å². The van der Waals surface area contributed by atoms with Crippen LogP contribution in [0.5, 0.6) is 0 Å². The Hall–Kier alpha value is -0.0800. The van der Waals surface area contributed by atoms with Crippen molar-refractivity contribution in [1.29, 1.82) is 0 Å². The highest BCUT2D eigenvalue weighted by molar-refractivity contribution is 4.93. The average Bonchev–Trinajstić information content (AvgIpc) is 2.95. The van der Waals surface area contributed by atoms with Crippen molar-refractivity contribution in [3.8, 4) is 0 Å². The summed E-state index contributed by atoms with van der Waals surface area (Å²) in [6.45, 7) is 9.00. The second-order valence-corrected chi connectivity index (χ2v) is 6.03. The largest absolute Gasteiger partial charge is 0.375 e. The van der Waals surface area contributed by atoms with Crippen LogP contribution in [0, 0.1) is 5.41 Å². The van der Waals surface area contributed by atoms with Crippen molar-refractivity contribution in [3.05, 3.63) is 0 Å². The van der Waals surface area contributed by atoms with Crippen molar-refractivity contribution in [2.75, 3.05) is 13.2 Å². The topological polar surface area (TPSA) is 21.3 Å². The molecule has 2 atom stereocenters. The van der Waals surface area contributed by atoms with E-state index < -0.39 is 0 Å². The monoisotopic (exact) mass is 211 g/mol. The lowest BCUT2D eigenvalue weighted by molar-refractivity contribution is -0.0782. The molecular weight excluding hydrogens is 186 g/mol. The van der Waals surface area contributed by atoms with Gasteiger partial charge in [0.1, 0.15) is 0 Å². The Morgan fingerprint density at radius 3 is 2.67 bits per heavy atom. The Morgan fingerprint density at radius 2 is 2.07 bits per heavy atom. The molecule has 0 aromatic heterocycles. The summed E-state index contributed by atoms with van der Waals surface area (Å²) < 4.78 is 5.85. The van der Waals surface area contributed by atoms with Crippen molar-refractivity contribution in [1.82, 2.24) is 5.32 Å². The maximum Gasteiger partial charge on any atom is 0.0666 e. The maximum atomic E-state index is 5.85. The minimum absolute atomic E-state index is 0.125. The van der Waals surface area contributed by atoms with E-state index in [1.165, 1.54) is 32.2 Å². The maximum absolute atomic E-state index is 5.85. The molecule has 2 aliphatic rings. The third-order valence-electron chi connectivity index (χ3n) is 4.26. The minimum Gasteiger partial charge on any atom is -0.375 e. The molecule has 0 aromatic carbocycles. The quantitative estimate of drug-likeness (QED) is 0.772. The van der Waals surface area contributed by atoms with Gasteiger partial charge in [-0.15, -0.1) is 0 Å². The standard InChI is InChI=1S/C13H25NO/c1-4-13(3)9-11(5-8-15-13)14-10-12(2)6-7-12/h11,14H,4-10H2,1-3H3. The average molecular weight is 211 g/mol. The van der Waals surface area contributed by atoms with E-state index in [9.17, 15) is 0 Å². The summed E-state index contributed by atoms with van der Waals surface area (Å²) in [5.74, 6) is 0. The molecule has 2 fully saturated rings. The Morgan fingerprint density at radius 1 is 1.33 bits per heavy atom. The van der Waals surface area contributed by atoms with E-state index in [0.717, 1.165) is 13.0 Å². The first-order valence-corrected chi connectivity index (χ1v) is 6.43. The molecule has 1 N–H and O–H groups in total. The first-order valence-electron chi connectivity index (χ1n) is 6.43. The molecule has 1 saturated heterocycles. The lowest BCUT2D eigenvalue weighted by atomic mass is 9.89. The molecule has 2 unspecified atom stereocenters. The molecule has 1 aliphatic carbocycles. The van der Waals surface area contributed by atoms with E-state index in [-0.39, 0.29) is 5.60 Å². The summed E-state index contributed by atoms with van der Waals surface area (Å²) in [4.78, 5) is 0. The number of rotatable bonds is 4. The fourth-order valence-corrected chi connectivity index (χ4v) is 2.33. The van der Waals surface area contributed by atoms with Gasteiger partial charge in [-0.3, -0.25) is 0 Å². The Kier molecular flexibility index (Phi) is 3.09. The molecule has 2 heteroatoms. The van der Waals surface area contributed by atoms with Crippen LogP contribution in [0.15, 0.2) is 0 Å². The molecule has 88 valence electrons. The number of hydrogen-bond acceptors (Lipinski definition) is 2. The number of ether oxygens (including phenoxy) is 1. The Balaban J connectivity index is 1.77. The van der Waals surface area contributed by atoms with Crippen LogP contribution in [-0.2, 0) is 4.74 Å². The molecular formula is C13H25NO. The van der Waals surface area contributed by atoms with Gasteiger partial charge in [-0.05, 0) is 44.4 Å². The summed E-state index contributed by atoms with van der Waals surface area (Å²) in [5, 5.41) is 3.73. The van der Waals surface area contributed by atoms with Gasteiger partial charge in [0.2, 0.25) is 0 Å². The van der Waals surface area contributed by atoms with E-state index in [0.29, 0.717) is 11.5 Å². The second kappa shape index (κ2) is 4.06. The third-order valence-corrected chi connectivity index (χ3v) is 4.26. The van der Waals surface area contributed by atoms with Crippen molar-refractivity contribution in [2.45, 2.75) is 64.5 Å². The molecule has 0 radical (unpaired) electrons. The van der Waals surface area contributed by atoms with Gasteiger partial charge in [-0.25, -0.2) is 0 Å². The lowest BCUT2D eigenvalue weighted by Crippen LogP contribution is -2.46. The minimum atomic E-state index is 0.125. The molecule has 2 nitrogen and oxygen atoms in total. The van der Waals surface area contributed by atoms with Gasteiger partial charge in [0, 0.05) is 19.2 Å². The van der Waals surface area contributed by atoms with Crippen molar-refractivity contribution in [2.24, 2.45) is 5.41 Å². The van der Waals surface area contributed by atoms with E-state index >= 15 is 0 Å². The molecule has 1 heterocycles. The van der Waals surface area contributed by atoms with Gasteiger partial charge < -0.3 is 10.1 Å². The highest BCUT2D eigenvalue weighted by atomic mass is 16.5. The van der Waals surface area contributed by atoms with Gasteiger partial charge in [0.15, 0.2) is 0 Å². The fourth-order valence-electron chi connectivity index (χ4n) is 2.33. The molecule has 0 spiro atoms.